The molecule has 3 aliphatic rings. The average Bonchev–Trinajstić information content (AvgIpc) is 3.44. The predicted molar refractivity (Wildman–Crippen MR) is 125 cm³/mol. The van der Waals surface area contributed by atoms with Gasteiger partial charge in [-0.15, -0.1) is 0 Å². The number of rotatable bonds is 3. The molecule has 6 rings (SSSR count). The highest BCUT2D eigenvalue weighted by atomic mass is 16.3. The van der Waals surface area contributed by atoms with Crippen LogP contribution in [0.1, 0.15) is 33.2 Å². The van der Waals surface area contributed by atoms with Gasteiger partial charge >= 0.3 is 0 Å². The Morgan fingerprint density at radius 3 is 2.35 bits per heavy atom. The maximum atomic E-state index is 13.7. The summed E-state index contributed by atoms with van der Waals surface area (Å²) in [4.78, 5) is 50.9. The van der Waals surface area contributed by atoms with Crippen molar-refractivity contribution in [2.24, 2.45) is 16.8 Å². The van der Waals surface area contributed by atoms with Crippen molar-refractivity contribution in [1.29, 1.82) is 0 Å². The number of benzene rings is 2. The van der Waals surface area contributed by atoms with E-state index in [1.54, 1.807) is 66.9 Å². The molecule has 2 aromatic carbocycles. The number of hydrogen-bond acceptors (Lipinski definition) is 6. The third-order valence-corrected chi connectivity index (χ3v) is 6.66. The summed E-state index contributed by atoms with van der Waals surface area (Å²) in [7, 11) is 0. The lowest BCUT2D eigenvalue weighted by molar-refractivity contribution is -0.122. The zero-order chi connectivity index (χ0) is 23.6. The zero-order valence-corrected chi connectivity index (χ0v) is 18.2. The van der Waals surface area contributed by atoms with Crippen molar-refractivity contribution >= 4 is 34.8 Å². The van der Waals surface area contributed by atoms with Crippen LogP contribution in [-0.2, 0) is 9.59 Å². The Bertz CT molecular complexity index is 1460. The van der Waals surface area contributed by atoms with Crippen LogP contribution < -0.4 is 4.90 Å². The van der Waals surface area contributed by atoms with E-state index in [-0.39, 0.29) is 17.0 Å². The highest BCUT2D eigenvalue weighted by molar-refractivity contribution is 6.42. The van der Waals surface area contributed by atoms with Gasteiger partial charge in [-0.05, 0) is 36.8 Å². The smallest absolute Gasteiger partial charge is 0.243 e. The molecule has 0 radical (unpaired) electrons. The number of carbonyl (C=O) groups excluding carboxylic acids is 3. The molecule has 7 heteroatoms. The molecule has 0 bridgehead atoms. The minimum absolute atomic E-state index is 0.0122. The van der Waals surface area contributed by atoms with Crippen LogP contribution in [0.5, 0.6) is 0 Å². The summed E-state index contributed by atoms with van der Waals surface area (Å²) in [5, 5.41) is 11.0. The van der Waals surface area contributed by atoms with Crippen LogP contribution >= 0.6 is 0 Å². The van der Waals surface area contributed by atoms with Crippen LogP contribution in [0.2, 0.25) is 0 Å². The largest absolute Gasteiger partial charge is 0.506 e. The van der Waals surface area contributed by atoms with Gasteiger partial charge in [0.1, 0.15) is 11.8 Å². The minimum atomic E-state index is -0.990. The number of aliphatic hydroxyl groups excluding tert-OH is 1. The molecule has 2 amide bonds. The highest BCUT2D eigenvalue weighted by Crippen LogP contribution is 2.48. The molecule has 1 N–H and O–H groups in total. The van der Waals surface area contributed by atoms with Gasteiger partial charge < -0.3 is 5.11 Å². The number of amides is 2. The van der Waals surface area contributed by atoms with Crippen LogP contribution in [0.3, 0.4) is 0 Å². The predicted octanol–water partition coefficient (Wildman–Crippen LogP) is 3.86. The third-order valence-electron chi connectivity index (χ3n) is 6.66. The molecule has 1 fully saturated rings. The van der Waals surface area contributed by atoms with Gasteiger partial charge in [-0.25, -0.2) is 4.90 Å². The van der Waals surface area contributed by atoms with E-state index in [2.05, 4.69) is 4.98 Å². The summed E-state index contributed by atoms with van der Waals surface area (Å²) in [6.45, 7) is 1.89. The number of aliphatic hydroxyl groups is 1. The van der Waals surface area contributed by atoms with Crippen molar-refractivity contribution in [3.05, 3.63) is 101 Å². The van der Waals surface area contributed by atoms with Crippen LogP contribution in [-0.4, -0.2) is 33.4 Å². The van der Waals surface area contributed by atoms with Crippen LogP contribution in [0, 0.1) is 18.8 Å². The summed E-state index contributed by atoms with van der Waals surface area (Å²) in [5.74, 6) is -3.31. The van der Waals surface area contributed by atoms with E-state index in [1.807, 2.05) is 13.0 Å². The number of carbonyl (C=O) groups is 3. The highest BCUT2D eigenvalue weighted by Gasteiger charge is 2.59. The van der Waals surface area contributed by atoms with E-state index >= 15 is 0 Å². The molecule has 34 heavy (non-hydrogen) atoms. The molecular weight excluding hydrogens is 430 g/mol. The molecule has 1 aliphatic carbocycles. The standard InChI is InChI=1S/C27H19N3O4/c1-14-7-6-8-15(13-14)30-26(33)19-20(27(30)34)23(29-22(19)18-11-4-5-12-28-18)21-24(31)16-9-2-3-10-17(16)25(21)32/h2-13,19-20,22,31H,1H3/t19-,20-,22+/m1/s1. The van der Waals surface area contributed by atoms with Crippen molar-refractivity contribution in [3.63, 3.8) is 0 Å². The Labute approximate surface area is 195 Å². The molecule has 1 saturated heterocycles. The van der Waals surface area contributed by atoms with Gasteiger partial charge in [0.2, 0.25) is 11.8 Å². The minimum Gasteiger partial charge on any atom is -0.506 e. The van der Waals surface area contributed by atoms with Crippen LogP contribution in [0.15, 0.2) is 83.5 Å². The monoisotopic (exact) mass is 449 g/mol. The van der Waals surface area contributed by atoms with E-state index < -0.39 is 35.5 Å². The first-order chi connectivity index (χ1) is 16.5. The lowest BCUT2D eigenvalue weighted by atomic mass is 9.84. The molecular formula is C27H19N3O4. The Morgan fingerprint density at radius 2 is 1.65 bits per heavy atom. The maximum absolute atomic E-state index is 13.7. The van der Waals surface area contributed by atoms with Crippen molar-refractivity contribution < 1.29 is 19.5 Å². The molecule has 1 aromatic heterocycles. The van der Waals surface area contributed by atoms with Crippen molar-refractivity contribution in [2.45, 2.75) is 13.0 Å². The second kappa shape index (κ2) is 7.31. The molecule has 3 aromatic rings. The second-order valence-electron chi connectivity index (χ2n) is 8.67. The van der Waals surface area contributed by atoms with Gasteiger partial charge in [0.05, 0.1) is 34.5 Å². The first-order valence-electron chi connectivity index (χ1n) is 11.0. The number of anilines is 1. The number of Topliss-reactive ketones (excluding diaryl/α,β-unsaturated/α-hetero) is 1. The molecule has 3 heterocycles. The normalized spacial score (nSPS) is 23.4. The van der Waals surface area contributed by atoms with E-state index in [0.717, 1.165) is 5.56 Å². The molecule has 0 unspecified atom stereocenters. The van der Waals surface area contributed by atoms with Gasteiger partial charge in [0, 0.05) is 17.3 Å². The Hall–Kier alpha value is -4.39. The summed E-state index contributed by atoms with van der Waals surface area (Å²) in [6.07, 6.45) is 1.60. The summed E-state index contributed by atoms with van der Waals surface area (Å²) >= 11 is 0. The number of imide groups is 1. The maximum Gasteiger partial charge on any atom is 0.243 e. The molecule has 7 nitrogen and oxygen atoms in total. The van der Waals surface area contributed by atoms with Crippen LogP contribution in [0.4, 0.5) is 5.69 Å². The van der Waals surface area contributed by atoms with Gasteiger partial charge in [0.25, 0.3) is 0 Å². The number of aryl methyl sites for hydroxylation is 1. The van der Waals surface area contributed by atoms with Gasteiger partial charge in [-0.3, -0.25) is 24.4 Å². The van der Waals surface area contributed by atoms with Crippen molar-refractivity contribution in [3.8, 4) is 0 Å². The molecule has 3 atom stereocenters. The van der Waals surface area contributed by atoms with Gasteiger partial charge in [-0.1, -0.05) is 42.5 Å². The summed E-state index contributed by atoms with van der Waals surface area (Å²) in [6, 6.07) is 18.4. The fraction of sp³-hybridized carbons (Fsp3) is 0.148. The number of pyridine rings is 1. The number of hydrogen-bond donors (Lipinski definition) is 1. The summed E-state index contributed by atoms with van der Waals surface area (Å²) < 4.78 is 0. The first kappa shape index (κ1) is 20.2. The van der Waals surface area contributed by atoms with E-state index in [4.69, 9.17) is 4.99 Å². The second-order valence-corrected chi connectivity index (χ2v) is 8.67. The van der Waals surface area contributed by atoms with Gasteiger partial charge in [0.15, 0.2) is 5.78 Å². The van der Waals surface area contributed by atoms with E-state index in [0.29, 0.717) is 22.5 Å². The molecule has 2 aliphatic heterocycles. The van der Waals surface area contributed by atoms with Gasteiger partial charge in [-0.2, -0.15) is 0 Å². The fourth-order valence-electron chi connectivity index (χ4n) is 5.15. The average molecular weight is 449 g/mol. The fourth-order valence-corrected chi connectivity index (χ4v) is 5.15. The molecule has 166 valence electrons. The quantitative estimate of drug-likeness (QED) is 0.612. The molecule has 0 spiro atoms. The van der Waals surface area contributed by atoms with E-state index in [9.17, 15) is 19.5 Å². The van der Waals surface area contributed by atoms with Crippen molar-refractivity contribution in [2.75, 3.05) is 4.90 Å². The van der Waals surface area contributed by atoms with Crippen LogP contribution in [0.25, 0.3) is 5.76 Å². The lowest BCUT2D eigenvalue weighted by Gasteiger charge is -2.18. The third kappa shape index (κ3) is 2.73. The first-order valence-corrected chi connectivity index (χ1v) is 11.0. The Morgan fingerprint density at radius 1 is 0.882 bits per heavy atom. The number of ketones is 1. The number of aromatic nitrogens is 1. The number of nitrogens with zero attached hydrogens (tertiary/aromatic N) is 3. The Kier molecular flexibility index (Phi) is 4.35. The zero-order valence-electron chi connectivity index (χ0n) is 18.2. The number of allylic oxidation sites excluding steroid dienone is 1. The SMILES string of the molecule is Cc1cccc(N2C(=O)[C@H]3C(C4=C(O)c5ccccc5C4=O)=N[C@@H](c4ccccn4)[C@@H]3C2=O)c1. The summed E-state index contributed by atoms with van der Waals surface area (Å²) in [5.41, 5.74) is 2.80. The Balaban J connectivity index is 1.52. The number of fused-ring (bicyclic) bond motifs is 2. The van der Waals surface area contributed by atoms with E-state index in [1.165, 1.54) is 4.90 Å². The molecule has 0 saturated carbocycles. The van der Waals surface area contributed by atoms with Crippen molar-refractivity contribution in [1.82, 2.24) is 4.98 Å². The lowest BCUT2D eigenvalue weighted by Crippen LogP contribution is -2.33. The number of aliphatic imine (C=N–C) groups is 1. The topological polar surface area (TPSA) is 99.9 Å².